The molecule has 2 rings (SSSR count). The first-order valence-corrected chi connectivity index (χ1v) is 5.66. The molecule has 0 atom stereocenters. The van der Waals surface area contributed by atoms with Crippen molar-refractivity contribution >= 4 is 16.8 Å². The molecule has 0 aliphatic rings. The van der Waals surface area contributed by atoms with Crippen LogP contribution in [0, 0.1) is 12.3 Å². The predicted molar refractivity (Wildman–Crippen MR) is 67.4 cm³/mol. The summed E-state index contributed by atoms with van der Waals surface area (Å²) >= 11 is 0. The van der Waals surface area contributed by atoms with Gasteiger partial charge in [0, 0.05) is 12.8 Å². The van der Waals surface area contributed by atoms with E-state index >= 15 is 0 Å². The fraction of sp³-hybridized carbons (Fsp3) is 0.286. The highest BCUT2D eigenvalue weighted by molar-refractivity contribution is 5.81. The summed E-state index contributed by atoms with van der Waals surface area (Å²) in [6.45, 7) is 0.380. The fourth-order valence-corrected chi connectivity index (χ4v) is 1.79. The molecule has 3 nitrogen and oxygen atoms in total. The van der Waals surface area contributed by atoms with Crippen LogP contribution in [-0.4, -0.2) is 15.3 Å². The zero-order valence-corrected chi connectivity index (χ0v) is 9.60. The number of Topliss-reactive ketones (excluding diaryl/α,β-unsaturated/α-hetero) is 1. The number of imidazole rings is 1. The van der Waals surface area contributed by atoms with Gasteiger partial charge < -0.3 is 4.57 Å². The van der Waals surface area contributed by atoms with E-state index in [1.807, 2.05) is 28.8 Å². The van der Waals surface area contributed by atoms with E-state index in [1.54, 1.807) is 6.33 Å². The van der Waals surface area contributed by atoms with Crippen molar-refractivity contribution in [3.63, 3.8) is 0 Å². The largest absolute Gasteiger partial charge is 0.323 e. The van der Waals surface area contributed by atoms with Gasteiger partial charge in [0.15, 0.2) is 5.78 Å². The number of ketones is 1. The molecule has 2 aromatic rings. The Morgan fingerprint density at radius 3 is 3.06 bits per heavy atom. The average molecular weight is 226 g/mol. The third kappa shape index (κ3) is 2.73. The minimum absolute atomic E-state index is 0.198. The molecular weight excluding hydrogens is 212 g/mol. The Kier molecular flexibility index (Phi) is 3.56. The Labute approximate surface area is 100 Å². The smallest absolute Gasteiger partial charge is 0.152 e. The standard InChI is InChI=1S/C14H14N2O/c1-2-3-4-7-12(17)10-16-11-15-13-8-5-6-9-14(13)16/h1,5-6,8-9,11H,3-4,7,10H2. The number of rotatable bonds is 5. The van der Waals surface area contributed by atoms with E-state index < -0.39 is 0 Å². The van der Waals surface area contributed by atoms with E-state index in [0.717, 1.165) is 17.5 Å². The molecule has 3 heteroatoms. The lowest BCUT2D eigenvalue weighted by Crippen LogP contribution is -2.08. The molecule has 0 unspecified atom stereocenters. The van der Waals surface area contributed by atoms with Gasteiger partial charge in [0.05, 0.1) is 23.9 Å². The second-order valence-electron chi connectivity index (χ2n) is 3.96. The third-order valence-electron chi connectivity index (χ3n) is 2.65. The van der Waals surface area contributed by atoms with Gasteiger partial charge in [0.1, 0.15) is 0 Å². The zero-order valence-electron chi connectivity index (χ0n) is 9.60. The molecule has 86 valence electrons. The molecule has 0 aliphatic heterocycles. The van der Waals surface area contributed by atoms with Crippen molar-refractivity contribution in [1.29, 1.82) is 0 Å². The molecule has 1 aromatic carbocycles. The number of terminal acetylenes is 1. The second kappa shape index (κ2) is 5.31. The van der Waals surface area contributed by atoms with Crippen molar-refractivity contribution in [2.45, 2.75) is 25.8 Å². The first kappa shape index (κ1) is 11.4. The summed E-state index contributed by atoms with van der Waals surface area (Å²) in [5, 5.41) is 0. The van der Waals surface area contributed by atoms with Crippen molar-refractivity contribution in [2.24, 2.45) is 0 Å². The van der Waals surface area contributed by atoms with Gasteiger partial charge in [-0.25, -0.2) is 4.98 Å². The van der Waals surface area contributed by atoms with Crippen LogP contribution < -0.4 is 0 Å². The lowest BCUT2D eigenvalue weighted by molar-refractivity contribution is -0.119. The quantitative estimate of drug-likeness (QED) is 0.579. The average Bonchev–Trinajstić information content (AvgIpc) is 2.73. The van der Waals surface area contributed by atoms with Crippen LogP contribution in [-0.2, 0) is 11.3 Å². The normalized spacial score (nSPS) is 10.3. The van der Waals surface area contributed by atoms with E-state index in [4.69, 9.17) is 6.42 Å². The van der Waals surface area contributed by atoms with E-state index in [0.29, 0.717) is 19.4 Å². The Balaban J connectivity index is 2.04. The number of carbonyl (C=O) groups is 1. The van der Waals surface area contributed by atoms with E-state index in [2.05, 4.69) is 10.9 Å². The molecule has 0 saturated carbocycles. The van der Waals surface area contributed by atoms with E-state index in [-0.39, 0.29) is 5.78 Å². The highest BCUT2D eigenvalue weighted by atomic mass is 16.1. The summed E-state index contributed by atoms with van der Waals surface area (Å²) in [4.78, 5) is 16.0. The molecular formula is C14H14N2O. The highest BCUT2D eigenvalue weighted by Crippen LogP contribution is 2.12. The van der Waals surface area contributed by atoms with Gasteiger partial charge >= 0.3 is 0 Å². The summed E-state index contributed by atoms with van der Waals surface area (Å²) in [6, 6.07) is 7.80. The Morgan fingerprint density at radius 1 is 1.41 bits per heavy atom. The zero-order chi connectivity index (χ0) is 12.1. The maximum atomic E-state index is 11.7. The van der Waals surface area contributed by atoms with Crippen LogP contribution in [0.25, 0.3) is 11.0 Å². The number of fused-ring (bicyclic) bond motifs is 1. The number of unbranched alkanes of at least 4 members (excludes halogenated alkanes) is 1. The van der Waals surface area contributed by atoms with Gasteiger partial charge in [0.25, 0.3) is 0 Å². The van der Waals surface area contributed by atoms with E-state index in [1.165, 1.54) is 0 Å². The van der Waals surface area contributed by atoms with E-state index in [9.17, 15) is 4.79 Å². The van der Waals surface area contributed by atoms with Crippen LogP contribution in [0.15, 0.2) is 30.6 Å². The molecule has 0 saturated heterocycles. The molecule has 1 aromatic heterocycles. The third-order valence-corrected chi connectivity index (χ3v) is 2.65. The number of hydrogen-bond acceptors (Lipinski definition) is 2. The van der Waals surface area contributed by atoms with Crippen molar-refractivity contribution in [3.8, 4) is 12.3 Å². The van der Waals surface area contributed by atoms with Crippen LogP contribution >= 0.6 is 0 Å². The monoisotopic (exact) mass is 226 g/mol. The second-order valence-corrected chi connectivity index (χ2v) is 3.96. The maximum absolute atomic E-state index is 11.7. The first-order chi connectivity index (χ1) is 8.31. The number of hydrogen-bond donors (Lipinski definition) is 0. The van der Waals surface area contributed by atoms with Gasteiger partial charge in [-0.2, -0.15) is 0 Å². The fourth-order valence-electron chi connectivity index (χ4n) is 1.79. The molecule has 0 N–H and O–H groups in total. The maximum Gasteiger partial charge on any atom is 0.152 e. The van der Waals surface area contributed by atoms with Crippen molar-refractivity contribution in [1.82, 2.24) is 9.55 Å². The topological polar surface area (TPSA) is 34.9 Å². The van der Waals surface area contributed by atoms with Crippen LogP contribution in [0.1, 0.15) is 19.3 Å². The van der Waals surface area contributed by atoms with Crippen molar-refractivity contribution in [3.05, 3.63) is 30.6 Å². The molecule has 17 heavy (non-hydrogen) atoms. The minimum Gasteiger partial charge on any atom is -0.323 e. The number of benzene rings is 1. The Hall–Kier alpha value is -2.08. The van der Waals surface area contributed by atoms with Crippen LogP contribution in [0.2, 0.25) is 0 Å². The number of nitrogens with zero attached hydrogens (tertiary/aromatic N) is 2. The van der Waals surface area contributed by atoms with Gasteiger partial charge in [-0.1, -0.05) is 12.1 Å². The first-order valence-electron chi connectivity index (χ1n) is 5.66. The SMILES string of the molecule is C#CCCCC(=O)Cn1cnc2ccccc21. The summed E-state index contributed by atoms with van der Waals surface area (Å²) in [6.07, 6.45) is 8.83. The molecule has 0 bridgehead atoms. The summed E-state index contributed by atoms with van der Waals surface area (Å²) < 4.78 is 1.88. The minimum atomic E-state index is 0.198. The van der Waals surface area contributed by atoms with Crippen molar-refractivity contribution < 1.29 is 4.79 Å². The van der Waals surface area contributed by atoms with Crippen LogP contribution in [0.3, 0.4) is 0 Å². The lowest BCUT2D eigenvalue weighted by atomic mass is 10.2. The Bertz CT molecular complexity index is 563. The Morgan fingerprint density at radius 2 is 2.24 bits per heavy atom. The summed E-state index contributed by atoms with van der Waals surface area (Å²) in [5.74, 6) is 2.74. The molecule has 0 amide bonds. The van der Waals surface area contributed by atoms with Crippen LogP contribution in [0.4, 0.5) is 0 Å². The predicted octanol–water partition coefficient (Wildman–Crippen LogP) is 2.41. The molecule has 0 spiro atoms. The summed E-state index contributed by atoms with van der Waals surface area (Å²) in [7, 11) is 0. The summed E-state index contributed by atoms with van der Waals surface area (Å²) in [5.41, 5.74) is 1.92. The molecule has 1 heterocycles. The number of carbonyl (C=O) groups excluding carboxylic acids is 1. The van der Waals surface area contributed by atoms with Crippen LogP contribution in [0.5, 0.6) is 0 Å². The number of para-hydroxylation sites is 2. The molecule has 0 aliphatic carbocycles. The van der Waals surface area contributed by atoms with Crippen molar-refractivity contribution in [2.75, 3.05) is 0 Å². The molecule has 0 radical (unpaired) electrons. The van der Waals surface area contributed by atoms with Gasteiger partial charge in [-0.3, -0.25) is 4.79 Å². The van der Waals surface area contributed by atoms with Gasteiger partial charge in [-0.05, 0) is 18.6 Å². The van der Waals surface area contributed by atoms with Gasteiger partial charge in [0.2, 0.25) is 0 Å². The molecule has 0 fully saturated rings. The highest BCUT2D eigenvalue weighted by Gasteiger charge is 2.06. The van der Waals surface area contributed by atoms with Gasteiger partial charge in [-0.15, -0.1) is 12.3 Å². The lowest BCUT2D eigenvalue weighted by Gasteiger charge is -2.02. The number of aromatic nitrogens is 2.